The lowest BCUT2D eigenvalue weighted by Crippen LogP contribution is -2.32. The molecule has 2 heterocycles. The number of fused-ring (bicyclic) bond motifs is 1. The first-order valence-electron chi connectivity index (χ1n) is 13.6. The first-order valence-corrected chi connectivity index (χ1v) is 16.1. The molecule has 1 aromatic heterocycles. The largest absolute Gasteiger partial charge is 0.496 e. The van der Waals surface area contributed by atoms with Crippen molar-refractivity contribution >= 4 is 43.8 Å². The minimum Gasteiger partial charge on any atom is -0.496 e. The van der Waals surface area contributed by atoms with Crippen LogP contribution in [0.3, 0.4) is 0 Å². The van der Waals surface area contributed by atoms with Gasteiger partial charge in [-0.25, -0.2) is 22.8 Å². The second kappa shape index (κ2) is 13.2. The topological polar surface area (TPSA) is 112 Å². The average Bonchev–Trinajstić information content (AvgIpc) is 3.45. The van der Waals surface area contributed by atoms with E-state index in [-0.39, 0.29) is 18.2 Å². The summed E-state index contributed by atoms with van der Waals surface area (Å²) in [5.41, 5.74) is 2.17. The molecule has 2 N–H and O–H groups in total. The molecule has 9 nitrogen and oxygen atoms in total. The summed E-state index contributed by atoms with van der Waals surface area (Å²) in [4.78, 5) is 8.95. The second-order valence-electron chi connectivity index (χ2n) is 10.3. The van der Waals surface area contributed by atoms with Crippen molar-refractivity contribution in [2.45, 2.75) is 25.0 Å². The van der Waals surface area contributed by atoms with Gasteiger partial charge < -0.3 is 24.8 Å². The minimum absolute atomic E-state index is 0.0644. The van der Waals surface area contributed by atoms with E-state index in [1.54, 1.807) is 37.6 Å². The molecular formula is C31H32ClFN4O5S. The maximum atomic E-state index is 13.5. The normalized spacial score (nSPS) is 16.3. The molecule has 0 saturated heterocycles. The zero-order valence-corrected chi connectivity index (χ0v) is 25.3. The molecule has 1 aliphatic rings. The molecule has 0 aliphatic carbocycles. The van der Waals surface area contributed by atoms with E-state index in [2.05, 4.69) is 20.6 Å². The number of hydrogen-bond donors (Lipinski definition) is 2. The fourth-order valence-electron chi connectivity index (χ4n) is 4.94. The van der Waals surface area contributed by atoms with Gasteiger partial charge in [0.05, 0.1) is 29.7 Å². The van der Waals surface area contributed by atoms with Crippen molar-refractivity contribution in [3.8, 4) is 11.5 Å². The Labute approximate surface area is 255 Å². The zero-order valence-electron chi connectivity index (χ0n) is 23.8. The Morgan fingerprint density at radius 2 is 1.95 bits per heavy atom. The van der Waals surface area contributed by atoms with Gasteiger partial charge in [-0.05, 0) is 54.6 Å². The quantitative estimate of drug-likeness (QED) is 0.175. The molecule has 4 aromatic rings. The number of sulfone groups is 1. The molecule has 5 rings (SSSR count). The van der Waals surface area contributed by atoms with E-state index in [4.69, 9.17) is 25.8 Å². The van der Waals surface area contributed by atoms with Crippen molar-refractivity contribution in [2.75, 3.05) is 37.5 Å². The van der Waals surface area contributed by atoms with Crippen molar-refractivity contribution in [3.63, 3.8) is 0 Å². The summed E-state index contributed by atoms with van der Waals surface area (Å²) in [6, 6.07) is 15.3. The van der Waals surface area contributed by atoms with Crippen LogP contribution >= 0.6 is 11.6 Å². The maximum Gasteiger partial charge on any atom is 0.148 e. The fraction of sp³-hybridized carbons (Fsp3) is 0.290. The minimum atomic E-state index is -3.05. The van der Waals surface area contributed by atoms with Crippen LogP contribution in [0.5, 0.6) is 11.5 Å². The van der Waals surface area contributed by atoms with Gasteiger partial charge in [-0.15, -0.1) is 0 Å². The van der Waals surface area contributed by atoms with E-state index in [0.29, 0.717) is 65.0 Å². The second-order valence-corrected chi connectivity index (χ2v) is 13.0. The van der Waals surface area contributed by atoms with Crippen molar-refractivity contribution in [3.05, 3.63) is 95.2 Å². The summed E-state index contributed by atoms with van der Waals surface area (Å²) in [5, 5.41) is 7.67. The number of nitrogens with one attached hydrogen (secondary N) is 2. The molecular weight excluding hydrogens is 595 g/mol. The molecule has 0 radical (unpaired) electrons. The number of halogens is 2. The van der Waals surface area contributed by atoms with Gasteiger partial charge in [0.2, 0.25) is 0 Å². The SMILES string of the molecule is COc1cc2ncnc(Nc3ccc(OCc4cccc(F)c4)c(Cl)c3)c2cc1C1(CCNCCS(C)(=O)=O)CC=CO1. The lowest BCUT2D eigenvalue weighted by Gasteiger charge is -2.31. The number of nitrogens with zero attached hydrogens (tertiary/aromatic N) is 2. The van der Waals surface area contributed by atoms with Gasteiger partial charge in [0, 0.05) is 48.3 Å². The Bertz CT molecular complexity index is 1740. The number of aromatic nitrogens is 2. The Kier molecular flexibility index (Phi) is 9.34. The molecule has 0 spiro atoms. The standard InChI is InChI=1S/C31H32ClFN4O5S/c1-40-29-18-27-24(17-25(29)31(9-4-13-42-31)10-11-34-12-14-43(2,38)39)30(36-20-35-27)37-23-7-8-28(26(32)16-23)41-19-21-5-3-6-22(33)15-21/h3-8,13,15-18,20,34H,9-12,14,19H2,1-2H3,(H,35,36,37). The molecule has 3 aromatic carbocycles. The molecule has 1 aliphatic heterocycles. The average molecular weight is 627 g/mol. The number of anilines is 2. The molecule has 12 heteroatoms. The van der Waals surface area contributed by atoms with Gasteiger partial charge in [0.1, 0.15) is 51.5 Å². The van der Waals surface area contributed by atoms with Crippen LogP contribution in [0.25, 0.3) is 10.9 Å². The lowest BCUT2D eigenvalue weighted by atomic mass is 9.86. The molecule has 0 fully saturated rings. The Morgan fingerprint density at radius 1 is 1.09 bits per heavy atom. The third kappa shape index (κ3) is 7.54. The van der Waals surface area contributed by atoms with Crippen LogP contribution in [0.2, 0.25) is 5.02 Å². The molecule has 0 bridgehead atoms. The van der Waals surface area contributed by atoms with Crippen molar-refractivity contribution in [2.24, 2.45) is 0 Å². The Hall–Kier alpha value is -3.93. The number of ether oxygens (including phenoxy) is 3. The summed E-state index contributed by atoms with van der Waals surface area (Å²) < 4.78 is 54.3. The first kappa shape index (κ1) is 30.5. The predicted octanol–water partition coefficient (Wildman–Crippen LogP) is 5.91. The van der Waals surface area contributed by atoms with E-state index in [9.17, 15) is 12.8 Å². The van der Waals surface area contributed by atoms with Gasteiger partial charge in [-0.2, -0.15) is 0 Å². The highest BCUT2D eigenvalue weighted by Crippen LogP contribution is 2.44. The van der Waals surface area contributed by atoms with E-state index >= 15 is 0 Å². The lowest BCUT2D eigenvalue weighted by molar-refractivity contribution is 0.0307. The van der Waals surface area contributed by atoms with Crippen molar-refractivity contribution in [1.29, 1.82) is 0 Å². The number of methoxy groups -OCH3 is 1. The van der Waals surface area contributed by atoms with Crippen LogP contribution in [0.15, 0.2) is 73.3 Å². The van der Waals surface area contributed by atoms with E-state index in [1.165, 1.54) is 24.7 Å². The molecule has 0 amide bonds. The summed E-state index contributed by atoms with van der Waals surface area (Å²) in [6.45, 7) is 1.08. The van der Waals surface area contributed by atoms with Crippen LogP contribution in [0, 0.1) is 5.82 Å². The van der Waals surface area contributed by atoms with Crippen molar-refractivity contribution in [1.82, 2.24) is 15.3 Å². The summed E-state index contributed by atoms with van der Waals surface area (Å²) >= 11 is 6.53. The molecule has 1 atom stereocenters. The number of hydrogen-bond acceptors (Lipinski definition) is 9. The first-order chi connectivity index (χ1) is 20.7. The highest BCUT2D eigenvalue weighted by atomic mass is 35.5. The fourth-order valence-corrected chi connectivity index (χ4v) is 5.69. The van der Waals surface area contributed by atoms with Crippen LogP contribution in [-0.2, 0) is 26.8 Å². The van der Waals surface area contributed by atoms with Crippen molar-refractivity contribution < 1.29 is 27.0 Å². The maximum absolute atomic E-state index is 13.5. The summed E-state index contributed by atoms with van der Waals surface area (Å²) in [6.07, 6.45) is 7.53. The molecule has 226 valence electrons. The Balaban J connectivity index is 1.38. The van der Waals surface area contributed by atoms with E-state index < -0.39 is 15.4 Å². The Morgan fingerprint density at radius 3 is 2.67 bits per heavy atom. The van der Waals surface area contributed by atoms with Crippen LogP contribution in [-0.4, -0.2) is 50.6 Å². The summed E-state index contributed by atoms with van der Waals surface area (Å²) in [5.74, 6) is 1.39. The third-order valence-corrected chi connectivity index (χ3v) is 8.36. The number of rotatable bonds is 13. The van der Waals surface area contributed by atoms with Crippen LogP contribution in [0.1, 0.15) is 24.0 Å². The number of benzene rings is 3. The summed E-state index contributed by atoms with van der Waals surface area (Å²) in [7, 11) is -1.45. The van der Waals surface area contributed by atoms with E-state index in [0.717, 1.165) is 10.9 Å². The highest BCUT2D eigenvalue weighted by Gasteiger charge is 2.38. The van der Waals surface area contributed by atoms with Gasteiger partial charge in [0.25, 0.3) is 0 Å². The van der Waals surface area contributed by atoms with Gasteiger partial charge >= 0.3 is 0 Å². The van der Waals surface area contributed by atoms with Crippen LogP contribution in [0.4, 0.5) is 15.9 Å². The van der Waals surface area contributed by atoms with Gasteiger partial charge in [-0.1, -0.05) is 23.7 Å². The monoisotopic (exact) mass is 626 g/mol. The third-order valence-electron chi connectivity index (χ3n) is 7.12. The molecule has 43 heavy (non-hydrogen) atoms. The molecule has 1 unspecified atom stereocenters. The van der Waals surface area contributed by atoms with Gasteiger partial charge in [-0.3, -0.25) is 0 Å². The highest BCUT2D eigenvalue weighted by molar-refractivity contribution is 7.90. The van der Waals surface area contributed by atoms with E-state index in [1.807, 2.05) is 24.3 Å². The zero-order chi connectivity index (χ0) is 30.5. The van der Waals surface area contributed by atoms with Gasteiger partial charge in [0.15, 0.2) is 0 Å². The molecule has 0 saturated carbocycles. The predicted molar refractivity (Wildman–Crippen MR) is 165 cm³/mol. The van der Waals surface area contributed by atoms with Crippen LogP contribution < -0.4 is 20.1 Å². The smallest absolute Gasteiger partial charge is 0.148 e.